The fraction of sp³-hybridized carbons (Fsp3) is 0.438. The van der Waals surface area contributed by atoms with Gasteiger partial charge >= 0.3 is 12.5 Å². The minimum absolute atomic E-state index is 0.236. The normalized spacial score (nSPS) is 14.7. The Labute approximate surface area is 157 Å². The van der Waals surface area contributed by atoms with Gasteiger partial charge in [0, 0.05) is 11.0 Å². The van der Waals surface area contributed by atoms with Crippen molar-refractivity contribution >= 4 is 18.5 Å². The Morgan fingerprint density at radius 1 is 1.11 bits per heavy atom. The summed E-state index contributed by atoms with van der Waals surface area (Å²) in [5.74, 6) is -0.899. The molecule has 1 aliphatic rings. The van der Waals surface area contributed by atoms with Crippen LogP contribution in [0.4, 0.5) is 26.3 Å². The molecule has 0 atom stereocenters. The maximum atomic E-state index is 11.7. The molecule has 27 heavy (non-hydrogen) atoms. The molecule has 1 saturated heterocycles. The molecule has 1 heterocycles. The number of piperidine rings is 1. The molecule has 152 valence electrons. The Bertz CT molecular complexity index is 621. The molecule has 0 aromatic heterocycles. The van der Waals surface area contributed by atoms with E-state index in [9.17, 15) is 31.1 Å². The van der Waals surface area contributed by atoms with Crippen LogP contribution in [0.1, 0.15) is 12.8 Å². The minimum atomic E-state index is -4.63. The zero-order valence-electron chi connectivity index (χ0n) is 14.0. The van der Waals surface area contributed by atoms with Gasteiger partial charge in [-0.05, 0) is 50.2 Å². The average molecular weight is 416 g/mol. The SMILES string of the molecule is FC(F)(F)Oc1ccc(S)cc1.O=C(C=C1CCNCC1)NCC(F)(F)F. The van der Waals surface area contributed by atoms with Crippen LogP contribution in [-0.4, -0.2) is 38.1 Å². The number of ether oxygens (including phenoxy) is 1. The van der Waals surface area contributed by atoms with Crippen molar-refractivity contribution in [2.45, 2.75) is 30.3 Å². The predicted molar refractivity (Wildman–Crippen MR) is 89.6 cm³/mol. The van der Waals surface area contributed by atoms with Crippen molar-refractivity contribution in [3.8, 4) is 5.75 Å². The van der Waals surface area contributed by atoms with Gasteiger partial charge in [0.2, 0.25) is 5.91 Å². The van der Waals surface area contributed by atoms with Gasteiger partial charge < -0.3 is 15.4 Å². The van der Waals surface area contributed by atoms with E-state index >= 15 is 0 Å². The molecule has 1 amide bonds. The van der Waals surface area contributed by atoms with Gasteiger partial charge in [0.25, 0.3) is 0 Å². The first-order valence-electron chi connectivity index (χ1n) is 7.74. The number of carbonyl (C=O) groups excluding carboxylic acids is 1. The van der Waals surface area contributed by atoms with Gasteiger partial charge in [0.05, 0.1) is 0 Å². The van der Waals surface area contributed by atoms with Crippen molar-refractivity contribution in [3.63, 3.8) is 0 Å². The van der Waals surface area contributed by atoms with E-state index in [4.69, 9.17) is 0 Å². The van der Waals surface area contributed by atoms with Crippen LogP contribution >= 0.6 is 12.6 Å². The summed E-state index contributed by atoms with van der Waals surface area (Å²) in [6, 6.07) is 5.25. The zero-order valence-corrected chi connectivity index (χ0v) is 14.8. The molecule has 0 saturated carbocycles. The number of alkyl halides is 6. The van der Waals surface area contributed by atoms with Gasteiger partial charge in [-0.2, -0.15) is 13.2 Å². The molecule has 11 heteroatoms. The van der Waals surface area contributed by atoms with E-state index in [2.05, 4.69) is 22.7 Å². The smallest absolute Gasteiger partial charge is 0.406 e. The maximum Gasteiger partial charge on any atom is 0.573 e. The number of carbonyl (C=O) groups is 1. The van der Waals surface area contributed by atoms with Crippen molar-refractivity contribution in [1.29, 1.82) is 0 Å². The molecule has 0 bridgehead atoms. The summed E-state index contributed by atoms with van der Waals surface area (Å²) >= 11 is 3.91. The number of benzene rings is 1. The number of hydrogen-bond donors (Lipinski definition) is 3. The molecular formula is C16H18F6N2O2S. The molecular weight excluding hydrogens is 398 g/mol. The molecule has 0 radical (unpaired) electrons. The molecule has 0 aliphatic carbocycles. The summed E-state index contributed by atoms with van der Waals surface area (Å²) in [7, 11) is 0. The molecule has 0 unspecified atom stereocenters. The summed E-state index contributed by atoms with van der Waals surface area (Å²) in [6.45, 7) is 0.282. The lowest BCUT2D eigenvalue weighted by molar-refractivity contribution is -0.274. The lowest BCUT2D eigenvalue weighted by atomic mass is 10.1. The monoisotopic (exact) mass is 416 g/mol. The number of thiol groups is 1. The molecule has 1 aromatic rings. The highest BCUT2D eigenvalue weighted by molar-refractivity contribution is 7.80. The number of halogens is 6. The van der Waals surface area contributed by atoms with Crippen molar-refractivity contribution in [1.82, 2.24) is 10.6 Å². The molecule has 1 fully saturated rings. The Kier molecular flexibility index (Phi) is 8.97. The maximum absolute atomic E-state index is 11.7. The number of hydrogen-bond acceptors (Lipinski definition) is 4. The largest absolute Gasteiger partial charge is 0.573 e. The van der Waals surface area contributed by atoms with Crippen molar-refractivity contribution in [2.75, 3.05) is 19.6 Å². The third-order valence-corrected chi connectivity index (χ3v) is 3.41. The summed E-state index contributed by atoms with van der Waals surface area (Å²) in [4.78, 5) is 11.6. The van der Waals surface area contributed by atoms with Crippen LogP contribution in [-0.2, 0) is 4.79 Å². The van der Waals surface area contributed by atoms with E-state index < -0.39 is 25.0 Å². The van der Waals surface area contributed by atoms with E-state index in [-0.39, 0.29) is 5.75 Å². The van der Waals surface area contributed by atoms with Crippen molar-refractivity contribution < 1.29 is 35.9 Å². The van der Waals surface area contributed by atoms with Gasteiger partial charge in [-0.15, -0.1) is 25.8 Å². The van der Waals surface area contributed by atoms with Crippen LogP contribution in [0.2, 0.25) is 0 Å². The van der Waals surface area contributed by atoms with Gasteiger partial charge in [0.1, 0.15) is 12.3 Å². The van der Waals surface area contributed by atoms with E-state index in [0.29, 0.717) is 4.90 Å². The van der Waals surface area contributed by atoms with Crippen LogP contribution in [0.15, 0.2) is 40.8 Å². The first-order valence-corrected chi connectivity index (χ1v) is 8.19. The highest BCUT2D eigenvalue weighted by atomic mass is 32.1. The fourth-order valence-corrected chi connectivity index (χ4v) is 2.11. The predicted octanol–water partition coefficient (Wildman–Crippen LogP) is 3.85. The summed E-state index contributed by atoms with van der Waals surface area (Å²) in [5, 5.41) is 4.90. The highest BCUT2D eigenvalue weighted by Gasteiger charge is 2.30. The Morgan fingerprint density at radius 2 is 1.67 bits per heavy atom. The lowest BCUT2D eigenvalue weighted by Crippen LogP contribution is -2.33. The fourth-order valence-electron chi connectivity index (χ4n) is 1.96. The average Bonchev–Trinajstić information content (AvgIpc) is 2.55. The van der Waals surface area contributed by atoms with Gasteiger partial charge in [-0.1, -0.05) is 5.57 Å². The second kappa shape index (κ2) is 10.5. The second-order valence-electron chi connectivity index (χ2n) is 5.43. The van der Waals surface area contributed by atoms with Crippen molar-refractivity contribution in [3.05, 3.63) is 35.9 Å². The van der Waals surface area contributed by atoms with E-state index in [1.807, 2.05) is 5.32 Å². The van der Waals surface area contributed by atoms with Gasteiger partial charge in [-0.3, -0.25) is 4.79 Å². The first kappa shape index (κ1) is 23.2. The van der Waals surface area contributed by atoms with E-state index in [0.717, 1.165) is 31.5 Å². The molecule has 2 rings (SSSR count). The highest BCUT2D eigenvalue weighted by Crippen LogP contribution is 2.23. The lowest BCUT2D eigenvalue weighted by Gasteiger charge is -2.15. The standard InChI is InChI=1S/C9H13F3N2O.C7H5F3OS/c10-9(11,12)6-14-8(15)5-7-1-3-13-4-2-7;8-7(9,10)11-5-1-3-6(12)4-2-5/h5,13H,1-4,6H2,(H,14,15);1-4,12H. The summed E-state index contributed by atoms with van der Waals surface area (Å²) in [6.07, 6.45) is -6.26. The van der Waals surface area contributed by atoms with Crippen LogP contribution in [0, 0.1) is 0 Å². The topological polar surface area (TPSA) is 50.4 Å². The van der Waals surface area contributed by atoms with E-state index in [1.54, 1.807) is 0 Å². The molecule has 1 aromatic carbocycles. The van der Waals surface area contributed by atoms with Gasteiger partial charge in [-0.25, -0.2) is 0 Å². The molecule has 2 N–H and O–H groups in total. The molecule has 4 nitrogen and oxygen atoms in total. The van der Waals surface area contributed by atoms with Crippen LogP contribution in [0.25, 0.3) is 0 Å². The Morgan fingerprint density at radius 3 is 2.15 bits per heavy atom. The number of nitrogens with one attached hydrogen (secondary N) is 2. The zero-order chi connectivity index (χ0) is 20.5. The summed E-state index contributed by atoms with van der Waals surface area (Å²) in [5.41, 5.74) is 0.897. The number of rotatable bonds is 3. The number of amides is 1. The Balaban J connectivity index is 0.000000277. The minimum Gasteiger partial charge on any atom is -0.406 e. The second-order valence-corrected chi connectivity index (χ2v) is 5.94. The quantitative estimate of drug-likeness (QED) is 0.399. The first-order chi connectivity index (χ1) is 12.4. The molecule has 1 aliphatic heterocycles. The van der Waals surface area contributed by atoms with Crippen LogP contribution in [0.3, 0.4) is 0 Å². The summed E-state index contributed by atoms with van der Waals surface area (Å²) < 4.78 is 73.7. The molecule has 0 spiro atoms. The van der Waals surface area contributed by atoms with Gasteiger partial charge in [0.15, 0.2) is 0 Å². The third-order valence-electron chi connectivity index (χ3n) is 3.11. The third kappa shape index (κ3) is 12.2. The Hall–Kier alpha value is -1.88. The van der Waals surface area contributed by atoms with Crippen LogP contribution < -0.4 is 15.4 Å². The van der Waals surface area contributed by atoms with Crippen molar-refractivity contribution in [2.24, 2.45) is 0 Å². The van der Waals surface area contributed by atoms with Crippen LogP contribution in [0.5, 0.6) is 5.75 Å². The van der Waals surface area contributed by atoms with E-state index in [1.165, 1.54) is 30.3 Å².